The summed E-state index contributed by atoms with van der Waals surface area (Å²) >= 11 is 0. The van der Waals surface area contributed by atoms with Gasteiger partial charge in [0.05, 0.1) is 27.8 Å². The molecule has 2 aromatic heterocycles. The van der Waals surface area contributed by atoms with Crippen molar-refractivity contribution in [1.29, 1.82) is 0 Å². The average Bonchev–Trinajstić information content (AvgIpc) is 3.52. The summed E-state index contributed by atoms with van der Waals surface area (Å²) in [6.07, 6.45) is 0. The molecule has 9 aromatic rings. The highest BCUT2D eigenvalue weighted by atomic mass is 15.0. The van der Waals surface area contributed by atoms with Crippen molar-refractivity contribution in [3.63, 3.8) is 0 Å². The van der Waals surface area contributed by atoms with E-state index in [1.807, 2.05) is 0 Å². The van der Waals surface area contributed by atoms with E-state index in [-0.39, 0.29) is 0 Å². The number of aromatic nitrogens is 2. The molecule has 0 fully saturated rings. The molecule has 40 heavy (non-hydrogen) atoms. The van der Waals surface area contributed by atoms with Gasteiger partial charge in [-0.3, -0.25) is 0 Å². The molecule has 2 nitrogen and oxygen atoms in total. The molecule has 0 saturated heterocycles. The van der Waals surface area contributed by atoms with Crippen LogP contribution in [0.3, 0.4) is 0 Å². The lowest BCUT2D eigenvalue weighted by Crippen LogP contribution is -1.96. The number of rotatable bonds is 2. The Balaban J connectivity index is 1.54. The summed E-state index contributed by atoms with van der Waals surface area (Å²) in [5, 5.41) is 10.1. The van der Waals surface area contributed by atoms with Crippen LogP contribution in [0.25, 0.3) is 76.5 Å². The first kappa shape index (κ1) is 21.6. The Hall–Kier alpha value is -5.34. The average molecular weight is 509 g/mol. The molecule has 9 rings (SSSR count). The van der Waals surface area contributed by atoms with Gasteiger partial charge in [0.2, 0.25) is 0 Å². The van der Waals surface area contributed by atoms with Gasteiger partial charge in [0, 0.05) is 32.6 Å². The third-order valence-electron chi connectivity index (χ3n) is 8.45. The first-order valence-corrected chi connectivity index (χ1v) is 13.8. The number of hydrogen-bond acceptors (Lipinski definition) is 0. The minimum atomic E-state index is 1.17. The maximum atomic E-state index is 2.47. The molecule has 2 heteroatoms. The van der Waals surface area contributed by atoms with Crippen LogP contribution in [0.4, 0.5) is 0 Å². The monoisotopic (exact) mass is 508 g/mol. The van der Waals surface area contributed by atoms with E-state index in [4.69, 9.17) is 0 Å². The Bertz CT molecular complexity index is 2420. The van der Waals surface area contributed by atoms with Crippen LogP contribution in [-0.4, -0.2) is 9.13 Å². The zero-order chi connectivity index (χ0) is 26.2. The lowest BCUT2D eigenvalue weighted by molar-refractivity contribution is 1.18. The van der Waals surface area contributed by atoms with Gasteiger partial charge in [-0.25, -0.2) is 0 Å². The van der Waals surface area contributed by atoms with Gasteiger partial charge >= 0.3 is 0 Å². The zero-order valence-corrected chi connectivity index (χ0v) is 21.8. The third-order valence-corrected chi connectivity index (χ3v) is 8.45. The number of hydrogen-bond donors (Lipinski definition) is 0. The maximum Gasteiger partial charge on any atom is 0.0641 e. The second kappa shape index (κ2) is 8.08. The van der Waals surface area contributed by atoms with E-state index in [0.29, 0.717) is 0 Å². The van der Waals surface area contributed by atoms with E-state index in [1.165, 1.54) is 76.5 Å². The summed E-state index contributed by atoms with van der Waals surface area (Å²) < 4.78 is 4.93. The van der Waals surface area contributed by atoms with Crippen LogP contribution in [0.2, 0.25) is 0 Å². The normalized spacial score (nSPS) is 12.0. The van der Waals surface area contributed by atoms with Crippen molar-refractivity contribution in [3.8, 4) is 11.4 Å². The fourth-order valence-electron chi connectivity index (χ4n) is 6.75. The molecule has 0 atom stereocenters. The molecule has 0 amide bonds. The van der Waals surface area contributed by atoms with Crippen LogP contribution in [0.1, 0.15) is 0 Å². The third kappa shape index (κ3) is 2.88. The van der Waals surface area contributed by atoms with Crippen LogP contribution < -0.4 is 0 Å². The first-order chi connectivity index (χ1) is 19.9. The van der Waals surface area contributed by atoms with Crippen molar-refractivity contribution in [1.82, 2.24) is 9.13 Å². The molecule has 7 aromatic carbocycles. The summed E-state index contributed by atoms with van der Waals surface area (Å²) in [4.78, 5) is 0. The number of nitrogens with zero attached hydrogens (tertiary/aromatic N) is 2. The Morgan fingerprint density at radius 1 is 0.350 bits per heavy atom. The Kier molecular flexibility index (Phi) is 4.36. The molecule has 0 saturated carbocycles. The lowest BCUT2D eigenvalue weighted by Gasteiger charge is -2.12. The molecule has 0 radical (unpaired) electrons. The van der Waals surface area contributed by atoms with Crippen molar-refractivity contribution in [3.05, 3.63) is 146 Å². The van der Waals surface area contributed by atoms with Gasteiger partial charge in [-0.1, -0.05) is 103 Å². The molecule has 0 N–H and O–H groups in total. The molecule has 2 heterocycles. The summed E-state index contributed by atoms with van der Waals surface area (Å²) in [7, 11) is 0. The van der Waals surface area contributed by atoms with E-state index in [9.17, 15) is 0 Å². The van der Waals surface area contributed by atoms with Crippen LogP contribution in [-0.2, 0) is 0 Å². The van der Waals surface area contributed by atoms with Gasteiger partial charge in [0.15, 0.2) is 0 Å². The minimum absolute atomic E-state index is 1.17. The predicted molar refractivity (Wildman–Crippen MR) is 170 cm³/mol. The van der Waals surface area contributed by atoms with E-state index in [1.54, 1.807) is 0 Å². The number of benzene rings is 7. The van der Waals surface area contributed by atoms with E-state index >= 15 is 0 Å². The highest BCUT2D eigenvalue weighted by Gasteiger charge is 2.21. The smallest absolute Gasteiger partial charge is 0.0641 e. The second-order valence-electron chi connectivity index (χ2n) is 10.6. The van der Waals surface area contributed by atoms with Crippen LogP contribution in [0.15, 0.2) is 146 Å². The molecule has 0 unspecified atom stereocenters. The minimum Gasteiger partial charge on any atom is -0.309 e. The Morgan fingerprint density at radius 2 is 1.02 bits per heavy atom. The van der Waals surface area contributed by atoms with E-state index < -0.39 is 0 Å². The molecule has 0 aliphatic carbocycles. The van der Waals surface area contributed by atoms with Crippen molar-refractivity contribution >= 4 is 65.2 Å². The lowest BCUT2D eigenvalue weighted by atomic mass is 10.0. The van der Waals surface area contributed by atoms with Crippen molar-refractivity contribution in [2.75, 3.05) is 0 Å². The van der Waals surface area contributed by atoms with Gasteiger partial charge in [0.1, 0.15) is 0 Å². The predicted octanol–water partition coefficient (Wildman–Crippen LogP) is 10.2. The van der Waals surface area contributed by atoms with Crippen molar-refractivity contribution in [2.24, 2.45) is 0 Å². The highest BCUT2D eigenvalue weighted by molar-refractivity contribution is 6.27. The van der Waals surface area contributed by atoms with Crippen molar-refractivity contribution < 1.29 is 0 Å². The Morgan fingerprint density at radius 3 is 1.88 bits per heavy atom. The van der Waals surface area contributed by atoms with Crippen LogP contribution in [0.5, 0.6) is 0 Å². The van der Waals surface area contributed by atoms with Gasteiger partial charge in [-0.15, -0.1) is 0 Å². The maximum absolute atomic E-state index is 2.47. The fourth-order valence-corrected chi connectivity index (χ4v) is 6.75. The molecular formula is C38H24N2. The summed E-state index contributed by atoms with van der Waals surface area (Å²) in [5.41, 5.74) is 7.30. The van der Waals surface area contributed by atoms with E-state index in [0.717, 1.165) is 0 Å². The Labute approximate surface area is 230 Å². The highest BCUT2D eigenvalue weighted by Crippen LogP contribution is 2.43. The molecule has 0 aliphatic rings. The molecule has 186 valence electrons. The molecular weight excluding hydrogens is 484 g/mol. The molecule has 0 aliphatic heterocycles. The van der Waals surface area contributed by atoms with Gasteiger partial charge < -0.3 is 9.13 Å². The van der Waals surface area contributed by atoms with Crippen LogP contribution >= 0.6 is 0 Å². The largest absolute Gasteiger partial charge is 0.309 e. The zero-order valence-electron chi connectivity index (χ0n) is 21.8. The SMILES string of the molecule is c1ccc(-n2c3cc4ccccc4cc3c3ccc4c(c5ccccc5n4-c4cccc5ccccc45)c32)cc1. The van der Waals surface area contributed by atoms with Gasteiger partial charge in [-0.05, 0) is 58.6 Å². The summed E-state index contributed by atoms with van der Waals surface area (Å²) in [6, 6.07) is 53.0. The summed E-state index contributed by atoms with van der Waals surface area (Å²) in [5.74, 6) is 0. The number of para-hydroxylation sites is 2. The number of fused-ring (bicyclic) bond motifs is 9. The fraction of sp³-hybridized carbons (Fsp3) is 0. The molecule has 0 spiro atoms. The van der Waals surface area contributed by atoms with Gasteiger partial charge in [0.25, 0.3) is 0 Å². The van der Waals surface area contributed by atoms with E-state index in [2.05, 4.69) is 155 Å². The van der Waals surface area contributed by atoms with Gasteiger partial charge in [-0.2, -0.15) is 0 Å². The standard InChI is InChI=1S/C38H24N2/c1-2-15-28(16-3-1)39-36-24-27-13-5-4-12-26(27)23-32(36)30-21-22-35-37(38(30)39)31-18-8-9-19-34(31)40(35)33-20-10-14-25-11-6-7-17-29(25)33/h1-24H. The second-order valence-corrected chi connectivity index (χ2v) is 10.6. The topological polar surface area (TPSA) is 9.86 Å². The molecule has 0 bridgehead atoms. The van der Waals surface area contributed by atoms with Crippen molar-refractivity contribution in [2.45, 2.75) is 0 Å². The first-order valence-electron chi connectivity index (χ1n) is 13.8. The van der Waals surface area contributed by atoms with Crippen LogP contribution in [0, 0.1) is 0 Å². The quantitative estimate of drug-likeness (QED) is 0.220. The summed E-state index contributed by atoms with van der Waals surface area (Å²) in [6.45, 7) is 0.